The minimum atomic E-state index is -0.852. The van der Waals surface area contributed by atoms with Gasteiger partial charge in [-0.1, -0.05) is 32.8 Å². The van der Waals surface area contributed by atoms with Gasteiger partial charge in [-0.3, -0.25) is 4.79 Å². The smallest absolute Gasteiger partial charge is 0.310 e. The molecule has 0 spiro atoms. The molecule has 0 radical (unpaired) electrons. The van der Waals surface area contributed by atoms with E-state index in [1.807, 2.05) is 0 Å². The van der Waals surface area contributed by atoms with Crippen molar-refractivity contribution in [2.75, 3.05) is 0 Å². The summed E-state index contributed by atoms with van der Waals surface area (Å²) in [5.41, 5.74) is 0.377. The van der Waals surface area contributed by atoms with E-state index in [2.05, 4.69) is 13.8 Å². The van der Waals surface area contributed by atoms with Gasteiger partial charge in [0.1, 0.15) is 5.60 Å². The van der Waals surface area contributed by atoms with Crippen molar-refractivity contribution in [2.45, 2.75) is 70.3 Å². The third-order valence-electron chi connectivity index (χ3n) is 5.54. The van der Waals surface area contributed by atoms with Gasteiger partial charge in [-0.2, -0.15) is 0 Å². The maximum absolute atomic E-state index is 13.4. The van der Waals surface area contributed by atoms with Gasteiger partial charge in [0.15, 0.2) is 11.6 Å². The van der Waals surface area contributed by atoms with Crippen molar-refractivity contribution < 1.29 is 18.3 Å². The molecular weight excluding hydrogens is 310 g/mol. The largest absolute Gasteiger partial charge is 0.459 e. The summed E-state index contributed by atoms with van der Waals surface area (Å²) >= 11 is 0. The fraction of sp³-hybridized carbons (Fsp3) is 0.650. The fourth-order valence-electron chi connectivity index (χ4n) is 4.29. The van der Waals surface area contributed by atoms with Gasteiger partial charge in [0, 0.05) is 0 Å². The Balaban J connectivity index is 1.65. The van der Waals surface area contributed by atoms with E-state index in [9.17, 15) is 13.6 Å². The molecule has 1 aromatic carbocycles. The molecule has 3 rings (SSSR count). The van der Waals surface area contributed by atoms with E-state index in [1.54, 1.807) is 6.07 Å². The lowest BCUT2D eigenvalue weighted by molar-refractivity contribution is -0.168. The number of halogens is 2. The molecule has 2 saturated carbocycles. The van der Waals surface area contributed by atoms with Crippen LogP contribution in [0.2, 0.25) is 0 Å². The predicted molar refractivity (Wildman–Crippen MR) is 88.6 cm³/mol. The maximum Gasteiger partial charge on any atom is 0.310 e. The fourth-order valence-corrected chi connectivity index (χ4v) is 4.29. The van der Waals surface area contributed by atoms with E-state index in [1.165, 1.54) is 12.5 Å². The Morgan fingerprint density at radius 3 is 2.79 bits per heavy atom. The molecule has 1 aromatic rings. The first kappa shape index (κ1) is 17.4. The molecule has 2 nitrogen and oxygen atoms in total. The Bertz CT molecular complexity index is 612. The molecule has 0 aliphatic heterocycles. The van der Waals surface area contributed by atoms with Crippen LogP contribution in [0.3, 0.4) is 0 Å². The highest BCUT2D eigenvalue weighted by Gasteiger charge is 2.48. The van der Waals surface area contributed by atoms with E-state index >= 15 is 0 Å². The summed E-state index contributed by atoms with van der Waals surface area (Å²) in [6.07, 6.45) is 6.76. The molecule has 0 bridgehead atoms. The van der Waals surface area contributed by atoms with Crippen LogP contribution in [0.1, 0.15) is 70.3 Å². The van der Waals surface area contributed by atoms with Gasteiger partial charge in [0.05, 0.1) is 5.92 Å². The zero-order valence-electron chi connectivity index (χ0n) is 14.5. The van der Waals surface area contributed by atoms with Crippen LogP contribution in [0, 0.1) is 23.5 Å². The Morgan fingerprint density at radius 2 is 2.12 bits per heavy atom. The monoisotopic (exact) mass is 336 g/mol. The molecule has 0 heterocycles. The second-order valence-corrected chi connectivity index (χ2v) is 7.68. The molecule has 2 aliphatic carbocycles. The highest BCUT2D eigenvalue weighted by molar-refractivity contribution is 5.77. The first-order chi connectivity index (χ1) is 11.4. The molecule has 0 N–H and O–H groups in total. The summed E-state index contributed by atoms with van der Waals surface area (Å²) in [6.45, 7) is 4.34. The highest BCUT2D eigenvalue weighted by Crippen LogP contribution is 2.50. The Kier molecular flexibility index (Phi) is 4.93. The summed E-state index contributed by atoms with van der Waals surface area (Å²) in [7, 11) is 0. The van der Waals surface area contributed by atoms with Crippen molar-refractivity contribution in [1.29, 1.82) is 0 Å². The quantitative estimate of drug-likeness (QED) is 0.677. The van der Waals surface area contributed by atoms with Gasteiger partial charge in [-0.25, -0.2) is 8.78 Å². The Labute approximate surface area is 142 Å². The molecule has 4 atom stereocenters. The number of esters is 1. The molecule has 0 aromatic heterocycles. The van der Waals surface area contributed by atoms with Crippen molar-refractivity contribution in [2.24, 2.45) is 11.8 Å². The molecule has 24 heavy (non-hydrogen) atoms. The van der Waals surface area contributed by atoms with Crippen LogP contribution in [-0.2, 0) is 9.53 Å². The first-order valence-electron chi connectivity index (χ1n) is 9.12. The number of carbonyl (C=O) groups excluding carboxylic acids is 1. The van der Waals surface area contributed by atoms with E-state index in [-0.39, 0.29) is 23.4 Å². The molecule has 4 heteroatoms. The van der Waals surface area contributed by atoms with E-state index in [0.717, 1.165) is 38.2 Å². The van der Waals surface area contributed by atoms with Crippen LogP contribution in [0.25, 0.3) is 0 Å². The molecular formula is C20H26F2O2. The summed E-state index contributed by atoms with van der Waals surface area (Å²) in [5, 5.41) is 0. The lowest BCUT2D eigenvalue weighted by Gasteiger charge is -2.39. The van der Waals surface area contributed by atoms with Crippen LogP contribution < -0.4 is 0 Å². The predicted octanol–water partition coefficient (Wildman–Crippen LogP) is 5.36. The Hall–Kier alpha value is -1.45. The summed E-state index contributed by atoms with van der Waals surface area (Å²) in [4.78, 5) is 12.6. The molecule has 2 fully saturated rings. The SMILES string of the molecule is CCCC1(OC(=O)C2CC2c2ccc(F)c(F)c2)CCCC(C)C1. The standard InChI is InChI=1S/C20H26F2O2/c1-3-8-20(9-4-5-13(2)12-20)24-19(23)16-11-15(16)14-6-7-17(21)18(22)10-14/h6-7,10,13,15-16H,3-5,8-9,11-12H2,1-2H3. The summed E-state index contributed by atoms with van der Waals surface area (Å²) in [5.74, 6) is -1.52. The van der Waals surface area contributed by atoms with Gasteiger partial charge < -0.3 is 4.74 Å². The van der Waals surface area contributed by atoms with Gasteiger partial charge in [0.25, 0.3) is 0 Å². The second kappa shape index (κ2) is 6.81. The normalized spacial score (nSPS) is 32.4. The number of hydrogen-bond acceptors (Lipinski definition) is 2. The van der Waals surface area contributed by atoms with E-state index < -0.39 is 11.6 Å². The van der Waals surface area contributed by atoms with Crippen molar-refractivity contribution in [3.8, 4) is 0 Å². The number of carbonyl (C=O) groups is 1. The van der Waals surface area contributed by atoms with Crippen LogP contribution in [0.5, 0.6) is 0 Å². The number of rotatable bonds is 5. The van der Waals surface area contributed by atoms with Crippen LogP contribution in [-0.4, -0.2) is 11.6 Å². The molecule has 0 saturated heterocycles. The highest BCUT2D eigenvalue weighted by atomic mass is 19.2. The third-order valence-corrected chi connectivity index (χ3v) is 5.54. The first-order valence-corrected chi connectivity index (χ1v) is 9.12. The van der Waals surface area contributed by atoms with Crippen LogP contribution in [0.15, 0.2) is 18.2 Å². The average molecular weight is 336 g/mol. The second-order valence-electron chi connectivity index (χ2n) is 7.68. The zero-order valence-corrected chi connectivity index (χ0v) is 14.5. The van der Waals surface area contributed by atoms with Crippen molar-refractivity contribution >= 4 is 5.97 Å². The third kappa shape index (κ3) is 3.62. The minimum absolute atomic E-state index is 0.0349. The lowest BCUT2D eigenvalue weighted by atomic mass is 9.76. The van der Waals surface area contributed by atoms with Crippen molar-refractivity contribution in [3.63, 3.8) is 0 Å². The minimum Gasteiger partial charge on any atom is -0.459 e. The average Bonchev–Trinajstić information content (AvgIpc) is 3.31. The van der Waals surface area contributed by atoms with Crippen LogP contribution >= 0.6 is 0 Å². The van der Waals surface area contributed by atoms with E-state index in [4.69, 9.17) is 4.74 Å². The zero-order chi connectivity index (χ0) is 17.3. The molecule has 2 aliphatic rings. The van der Waals surface area contributed by atoms with Crippen molar-refractivity contribution in [1.82, 2.24) is 0 Å². The number of ether oxygens (including phenoxy) is 1. The van der Waals surface area contributed by atoms with Crippen molar-refractivity contribution in [3.05, 3.63) is 35.4 Å². The van der Waals surface area contributed by atoms with Gasteiger partial charge in [-0.05, 0) is 61.6 Å². The Morgan fingerprint density at radius 1 is 1.33 bits per heavy atom. The number of benzene rings is 1. The molecule has 132 valence electrons. The van der Waals surface area contributed by atoms with Crippen LogP contribution in [0.4, 0.5) is 8.78 Å². The molecule has 4 unspecified atom stereocenters. The topological polar surface area (TPSA) is 26.3 Å². The maximum atomic E-state index is 13.4. The number of hydrogen-bond donors (Lipinski definition) is 0. The van der Waals surface area contributed by atoms with Gasteiger partial charge in [-0.15, -0.1) is 0 Å². The molecule has 0 amide bonds. The van der Waals surface area contributed by atoms with E-state index in [0.29, 0.717) is 17.9 Å². The summed E-state index contributed by atoms with van der Waals surface area (Å²) in [6, 6.07) is 3.91. The van der Waals surface area contributed by atoms with Gasteiger partial charge >= 0.3 is 5.97 Å². The lowest BCUT2D eigenvalue weighted by Crippen LogP contribution is -2.40. The van der Waals surface area contributed by atoms with Gasteiger partial charge in [0.2, 0.25) is 0 Å². The summed E-state index contributed by atoms with van der Waals surface area (Å²) < 4.78 is 32.4.